The Morgan fingerprint density at radius 1 is 1.45 bits per heavy atom. The molecule has 0 fully saturated rings. The minimum absolute atomic E-state index is 0.250. The summed E-state index contributed by atoms with van der Waals surface area (Å²) in [5, 5.41) is 7.96. The zero-order chi connectivity index (χ0) is 8.69. The summed E-state index contributed by atoms with van der Waals surface area (Å²) in [7, 11) is 0. The Morgan fingerprint density at radius 2 is 2.00 bits per heavy atom. The number of halogens is 2. The topological polar surface area (TPSA) is 50.2 Å². The highest BCUT2D eigenvalue weighted by Gasteiger charge is 1.85. The van der Waals surface area contributed by atoms with Gasteiger partial charge in [0.15, 0.2) is 0 Å². The number of pyridine rings is 1. The summed E-state index contributed by atoms with van der Waals surface area (Å²) >= 11 is 10.9. The molecule has 1 heterocycles. The highest BCUT2D eigenvalue weighted by Crippen LogP contribution is 2.08. The number of aromatic nitrogens is 1. The molecule has 0 aromatic carbocycles. The maximum absolute atomic E-state index is 8.36. The Morgan fingerprint density at radius 3 is 2.27 bits per heavy atom. The average Bonchev–Trinajstić information content (AvgIpc) is 1.97. The maximum atomic E-state index is 8.36. The van der Waals surface area contributed by atoms with Crippen molar-refractivity contribution in [2.45, 2.75) is 0 Å². The third-order valence-electron chi connectivity index (χ3n) is 0.691. The lowest BCUT2D eigenvalue weighted by molar-refractivity contribution is -0.122. The van der Waals surface area contributed by atoms with Gasteiger partial charge in [0.05, 0.1) is 5.02 Å². The molecule has 0 bridgehead atoms. The molecule has 0 saturated carbocycles. The van der Waals surface area contributed by atoms with Crippen LogP contribution in [0.2, 0.25) is 10.2 Å². The van der Waals surface area contributed by atoms with Crippen molar-refractivity contribution in [1.29, 1.82) is 0 Å². The van der Waals surface area contributed by atoms with E-state index in [2.05, 4.69) is 4.98 Å². The van der Waals surface area contributed by atoms with Gasteiger partial charge in [-0.2, -0.15) is 0 Å². The molecule has 1 aromatic rings. The number of carbonyl (C=O) groups is 1. The molecule has 0 saturated heterocycles. The second-order valence-corrected chi connectivity index (χ2v) is 2.23. The van der Waals surface area contributed by atoms with Crippen LogP contribution >= 0.6 is 23.2 Å². The fourth-order valence-electron chi connectivity index (χ4n) is 0.358. The lowest BCUT2D eigenvalue weighted by Gasteiger charge is -1.85. The van der Waals surface area contributed by atoms with E-state index in [1.165, 1.54) is 6.20 Å². The highest BCUT2D eigenvalue weighted by atomic mass is 35.5. The summed E-state index contributed by atoms with van der Waals surface area (Å²) in [6, 6.07) is 3.33. The van der Waals surface area contributed by atoms with Crippen molar-refractivity contribution in [3.05, 3.63) is 28.5 Å². The van der Waals surface area contributed by atoms with Gasteiger partial charge in [0.1, 0.15) is 5.15 Å². The van der Waals surface area contributed by atoms with Crippen LogP contribution in [0.5, 0.6) is 0 Å². The van der Waals surface area contributed by atoms with E-state index in [4.69, 9.17) is 33.1 Å². The summed E-state index contributed by atoms with van der Waals surface area (Å²) < 4.78 is 0. The van der Waals surface area contributed by atoms with Gasteiger partial charge in [-0.05, 0) is 12.1 Å². The van der Waals surface area contributed by atoms with Crippen molar-refractivity contribution in [2.75, 3.05) is 0 Å². The number of nitrogens with zero attached hydrogens (tertiary/aromatic N) is 1. The largest absolute Gasteiger partial charge is 0.483 e. The molecule has 0 atom stereocenters. The van der Waals surface area contributed by atoms with Gasteiger partial charge < -0.3 is 5.11 Å². The molecule has 0 spiro atoms. The number of hydrogen-bond acceptors (Lipinski definition) is 2. The second kappa shape index (κ2) is 5.95. The van der Waals surface area contributed by atoms with E-state index in [0.717, 1.165) is 0 Å². The van der Waals surface area contributed by atoms with E-state index in [9.17, 15) is 0 Å². The van der Waals surface area contributed by atoms with Crippen molar-refractivity contribution < 1.29 is 9.90 Å². The van der Waals surface area contributed by atoms with Gasteiger partial charge in [0.2, 0.25) is 0 Å². The molecule has 5 heteroatoms. The van der Waals surface area contributed by atoms with E-state index < -0.39 is 0 Å². The van der Waals surface area contributed by atoms with Gasteiger partial charge in [-0.15, -0.1) is 0 Å². The lowest BCUT2D eigenvalue weighted by Crippen LogP contribution is -1.69. The molecule has 11 heavy (non-hydrogen) atoms. The minimum Gasteiger partial charge on any atom is -0.483 e. The molecule has 0 aliphatic rings. The zero-order valence-corrected chi connectivity index (χ0v) is 6.88. The minimum atomic E-state index is -0.250. The van der Waals surface area contributed by atoms with Gasteiger partial charge >= 0.3 is 0 Å². The Balaban J connectivity index is 0.000000292. The number of hydrogen-bond donors (Lipinski definition) is 1. The molecule has 1 rings (SSSR count). The van der Waals surface area contributed by atoms with Crippen molar-refractivity contribution >= 4 is 29.7 Å². The third-order valence-corrected chi connectivity index (χ3v) is 1.14. The Hall–Kier alpha value is -0.800. The van der Waals surface area contributed by atoms with E-state index in [1.807, 2.05) is 0 Å². The first-order valence-electron chi connectivity index (χ1n) is 2.55. The van der Waals surface area contributed by atoms with E-state index >= 15 is 0 Å². The monoisotopic (exact) mass is 193 g/mol. The predicted octanol–water partition coefficient (Wildman–Crippen LogP) is 2.09. The van der Waals surface area contributed by atoms with Gasteiger partial charge in [-0.25, -0.2) is 4.98 Å². The molecule has 0 unspecified atom stereocenters. The smallest absolute Gasteiger partial charge is 0.290 e. The Labute approximate surface area is 73.6 Å². The summed E-state index contributed by atoms with van der Waals surface area (Å²) in [6.07, 6.45) is 1.50. The van der Waals surface area contributed by atoms with Crippen LogP contribution in [0.25, 0.3) is 0 Å². The summed E-state index contributed by atoms with van der Waals surface area (Å²) in [5.74, 6) is 0. The molecule has 0 aliphatic heterocycles. The van der Waals surface area contributed by atoms with Crippen LogP contribution in [0.3, 0.4) is 0 Å². The first-order chi connectivity index (χ1) is 5.20. The molecule has 1 N–H and O–H groups in total. The fourth-order valence-corrected chi connectivity index (χ4v) is 0.581. The quantitative estimate of drug-likeness (QED) is 0.508. The highest BCUT2D eigenvalue weighted by molar-refractivity contribution is 6.31. The number of rotatable bonds is 0. The van der Waals surface area contributed by atoms with Gasteiger partial charge in [-0.1, -0.05) is 23.2 Å². The van der Waals surface area contributed by atoms with E-state index in [0.29, 0.717) is 10.2 Å². The summed E-state index contributed by atoms with van der Waals surface area (Å²) in [5.41, 5.74) is 0. The summed E-state index contributed by atoms with van der Waals surface area (Å²) in [6.45, 7) is -0.250. The first kappa shape index (κ1) is 10.2. The van der Waals surface area contributed by atoms with Crippen molar-refractivity contribution in [1.82, 2.24) is 4.98 Å². The Kier molecular flexibility index (Phi) is 5.51. The number of carboxylic acid groups (broad SMARTS) is 1. The molecule has 3 nitrogen and oxygen atoms in total. The van der Waals surface area contributed by atoms with Crippen molar-refractivity contribution in [3.63, 3.8) is 0 Å². The van der Waals surface area contributed by atoms with Gasteiger partial charge in [-0.3, -0.25) is 4.79 Å². The normalized spacial score (nSPS) is 7.82. The Bertz CT molecular complexity index is 191. The molecule has 60 valence electrons. The van der Waals surface area contributed by atoms with Crippen LogP contribution < -0.4 is 0 Å². The molecule has 0 aliphatic carbocycles. The SMILES string of the molecule is Clc1ccc(Cl)nc1.O=CO. The van der Waals surface area contributed by atoms with Crippen LogP contribution in [-0.4, -0.2) is 16.6 Å². The molecule has 1 aromatic heterocycles. The standard InChI is InChI=1S/C5H3Cl2N.CH2O2/c6-4-1-2-5(7)8-3-4;2-1-3/h1-3H;1H,(H,2,3). The lowest BCUT2D eigenvalue weighted by atomic mass is 10.5. The molecular weight excluding hydrogens is 189 g/mol. The van der Waals surface area contributed by atoms with Crippen LogP contribution in [0.4, 0.5) is 0 Å². The van der Waals surface area contributed by atoms with Crippen molar-refractivity contribution in [3.8, 4) is 0 Å². The first-order valence-corrected chi connectivity index (χ1v) is 3.31. The van der Waals surface area contributed by atoms with Crippen molar-refractivity contribution in [2.24, 2.45) is 0 Å². The summed E-state index contributed by atoms with van der Waals surface area (Å²) in [4.78, 5) is 12.1. The fraction of sp³-hybridized carbons (Fsp3) is 0. The van der Waals surface area contributed by atoms with Crippen LogP contribution in [0, 0.1) is 0 Å². The third kappa shape index (κ3) is 5.63. The molecular formula is C6H5Cl2NO2. The van der Waals surface area contributed by atoms with Gasteiger partial charge in [0.25, 0.3) is 6.47 Å². The molecule has 0 radical (unpaired) electrons. The predicted molar refractivity (Wildman–Crippen MR) is 42.9 cm³/mol. The van der Waals surface area contributed by atoms with Crippen LogP contribution in [0.1, 0.15) is 0 Å². The maximum Gasteiger partial charge on any atom is 0.290 e. The van der Waals surface area contributed by atoms with E-state index in [1.54, 1.807) is 12.1 Å². The van der Waals surface area contributed by atoms with Crippen LogP contribution in [-0.2, 0) is 4.79 Å². The zero-order valence-electron chi connectivity index (χ0n) is 5.37. The second-order valence-electron chi connectivity index (χ2n) is 1.40. The van der Waals surface area contributed by atoms with Gasteiger partial charge in [0, 0.05) is 6.20 Å². The van der Waals surface area contributed by atoms with E-state index in [-0.39, 0.29) is 6.47 Å². The average molecular weight is 194 g/mol. The molecule has 0 amide bonds. The van der Waals surface area contributed by atoms with Crippen LogP contribution in [0.15, 0.2) is 18.3 Å².